The number of para-hydroxylation sites is 1. The molecule has 3 aromatic heterocycles. The smallest absolute Gasteiger partial charge is 0.341 e. The zero-order chi connectivity index (χ0) is 24.7. The van der Waals surface area contributed by atoms with Gasteiger partial charge in [0.05, 0.1) is 29.7 Å². The van der Waals surface area contributed by atoms with Crippen molar-refractivity contribution in [3.63, 3.8) is 0 Å². The molecule has 1 amide bonds. The summed E-state index contributed by atoms with van der Waals surface area (Å²) >= 11 is 1.40. The van der Waals surface area contributed by atoms with Crippen molar-refractivity contribution in [1.29, 1.82) is 0 Å². The number of thiophene rings is 1. The Labute approximate surface area is 205 Å². The Bertz CT molecular complexity index is 1500. The highest BCUT2D eigenvalue weighted by Crippen LogP contribution is 2.39. The van der Waals surface area contributed by atoms with Crippen molar-refractivity contribution in [3.8, 4) is 5.69 Å². The maximum absolute atomic E-state index is 13.5. The average Bonchev–Trinajstić information content (AvgIpc) is 3.56. The molecule has 1 aliphatic carbocycles. The second-order valence-electron chi connectivity index (χ2n) is 8.44. The summed E-state index contributed by atoms with van der Waals surface area (Å²) in [4.78, 5) is 40.5. The first-order chi connectivity index (χ1) is 16.9. The van der Waals surface area contributed by atoms with Crippen LogP contribution in [-0.2, 0) is 22.4 Å². The average molecular weight is 492 g/mol. The predicted octanol–water partition coefficient (Wildman–Crippen LogP) is 3.82. The number of rotatable bonds is 6. The first-order valence-corrected chi connectivity index (χ1v) is 12.4. The standard InChI is InChI=1S/C25H25N5O4S/c1-4-34-25(33)20-17-11-8-12-19(17)35-23(20)27-22(31)15(3)29-24(32)21-18(14(2)28-29)13-26-30(21)16-9-6-5-7-10-16/h5-7,9-10,13,15H,4,8,11-12H2,1-3H3,(H,27,31)/t15-/m1/s1. The number of hydrogen-bond acceptors (Lipinski definition) is 7. The molecule has 0 radical (unpaired) electrons. The Kier molecular flexibility index (Phi) is 5.98. The summed E-state index contributed by atoms with van der Waals surface area (Å²) in [6, 6.07) is 8.41. The second kappa shape index (κ2) is 9.10. The summed E-state index contributed by atoms with van der Waals surface area (Å²) in [5.74, 6) is -0.872. The van der Waals surface area contributed by atoms with Gasteiger partial charge in [-0.1, -0.05) is 18.2 Å². The van der Waals surface area contributed by atoms with Gasteiger partial charge in [-0.15, -0.1) is 11.3 Å². The fourth-order valence-electron chi connectivity index (χ4n) is 4.45. The minimum Gasteiger partial charge on any atom is -0.462 e. The normalized spacial score (nSPS) is 13.6. The zero-order valence-electron chi connectivity index (χ0n) is 19.7. The minimum absolute atomic E-state index is 0.251. The van der Waals surface area contributed by atoms with Gasteiger partial charge in [0.15, 0.2) is 0 Å². The zero-order valence-corrected chi connectivity index (χ0v) is 20.5. The van der Waals surface area contributed by atoms with E-state index < -0.39 is 23.5 Å². The van der Waals surface area contributed by atoms with E-state index in [0.29, 0.717) is 27.2 Å². The van der Waals surface area contributed by atoms with E-state index in [-0.39, 0.29) is 6.61 Å². The number of anilines is 1. The molecular weight excluding hydrogens is 466 g/mol. The summed E-state index contributed by atoms with van der Waals surface area (Å²) in [6.07, 6.45) is 4.25. The molecule has 35 heavy (non-hydrogen) atoms. The molecule has 0 spiro atoms. The Hall–Kier alpha value is -3.79. The van der Waals surface area contributed by atoms with Gasteiger partial charge in [-0.3, -0.25) is 9.59 Å². The number of aromatic nitrogens is 4. The van der Waals surface area contributed by atoms with Crippen LogP contribution in [0.5, 0.6) is 0 Å². The van der Waals surface area contributed by atoms with Crippen molar-refractivity contribution in [1.82, 2.24) is 19.6 Å². The lowest BCUT2D eigenvalue weighted by Gasteiger charge is -2.16. The van der Waals surface area contributed by atoms with Crippen molar-refractivity contribution in [3.05, 3.63) is 68.6 Å². The Balaban J connectivity index is 1.51. The molecule has 10 heteroatoms. The molecule has 9 nitrogen and oxygen atoms in total. The molecule has 0 aliphatic heterocycles. The van der Waals surface area contributed by atoms with Gasteiger partial charge >= 0.3 is 5.97 Å². The summed E-state index contributed by atoms with van der Waals surface area (Å²) in [6.45, 7) is 5.40. The van der Waals surface area contributed by atoms with Crippen molar-refractivity contribution in [2.24, 2.45) is 0 Å². The number of amides is 1. The van der Waals surface area contributed by atoms with E-state index in [1.165, 1.54) is 16.0 Å². The third kappa shape index (κ3) is 3.93. The van der Waals surface area contributed by atoms with E-state index in [1.54, 1.807) is 31.6 Å². The molecule has 1 aliphatic rings. The van der Waals surface area contributed by atoms with Crippen molar-refractivity contribution < 1.29 is 14.3 Å². The number of esters is 1. The lowest BCUT2D eigenvalue weighted by atomic mass is 10.1. The molecule has 0 unspecified atom stereocenters. The number of fused-ring (bicyclic) bond motifs is 2. The van der Waals surface area contributed by atoms with Crippen molar-refractivity contribution in [2.75, 3.05) is 11.9 Å². The molecule has 0 bridgehead atoms. The number of benzene rings is 1. The van der Waals surface area contributed by atoms with Gasteiger partial charge in [-0.2, -0.15) is 10.2 Å². The van der Waals surface area contributed by atoms with E-state index in [2.05, 4.69) is 15.5 Å². The SMILES string of the molecule is CCOC(=O)c1c(NC(=O)[C@@H](C)n2nc(C)c3cnn(-c4ccccc4)c3c2=O)sc2c1CCC2. The van der Waals surface area contributed by atoms with Crippen LogP contribution >= 0.6 is 11.3 Å². The number of aryl methyl sites for hydroxylation is 2. The number of nitrogens with one attached hydrogen (secondary N) is 1. The number of carbonyl (C=O) groups is 2. The number of carbonyl (C=O) groups excluding carboxylic acids is 2. The fraction of sp³-hybridized carbons (Fsp3) is 0.320. The summed E-state index contributed by atoms with van der Waals surface area (Å²) < 4.78 is 7.99. The molecule has 1 N–H and O–H groups in total. The van der Waals surface area contributed by atoms with E-state index in [9.17, 15) is 14.4 Å². The van der Waals surface area contributed by atoms with E-state index in [0.717, 1.165) is 35.4 Å². The molecule has 1 aromatic carbocycles. The highest BCUT2D eigenvalue weighted by molar-refractivity contribution is 7.17. The van der Waals surface area contributed by atoms with E-state index in [4.69, 9.17) is 4.74 Å². The third-order valence-corrected chi connectivity index (χ3v) is 7.42. The van der Waals surface area contributed by atoms with Crippen LogP contribution in [-0.4, -0.2) is 38.0 Å². The summed E-state index contributed by atoms with van der Waals surface area (Å²) in [5.41, 5.74) is 2.64. The summed E-state index contributed by atoms with van der Waals surface area (Å²) in [5, 5.41) is 12.8. The lowest BCUT2D eigenvalue weighted by molar-refractivity contribution is -0.119. The van der Waals surface area contributed by atoms with Crippen molar-refractivity contribution >= 4 is 39.1 Å². The highest BCUT2D eigenvalue weighted by Gasteiger charge is 2.30. The molecular formula is C25H25N5O4S. The molecule has 4 aromatic rings. The first-order valence-electron chi connectivity index (χ1n) is 11.6. The predicted molar refractivity (Wildman–Crippen MR) is 134 cm³/mol. The molecule has 0 saturated carbocycles. The Morgan fingerprint density at radius 3 is 2.74 bits per heavy atom. The molecule has 1 atom stereocenters. The molecule has 0 fully saturated rings. The van der Waals surface area contributed by atoms with Gasteiger partial charge in [0.25, 0.3) is 5.56 Å². The van der Waals surface area contributed by atoms with Gasteiger partial charge < -0.3 is 10.1 Å². The maximum atomic E-state index is 13.5. The van der Waals surface area contributed by atoms with Crippen LogP contribution in [0, 0.1) is 6.92 Å². The van der Waals surface area contributed by atoms with Gasteiger partial charge in [0.1, 0.15) is 16.6 Å². The fourth-order valence-corrected chi connectivity index (χ4v) is 5.74. The van der Waals surface area contributed by atoms with Crippen LogP contribution in [0.25, 0.3) is 16.6 Å². The summed E-state index contributed by atoms with van der Waals surface area (Å²) in [7, 11) is 0. The van der Waals surface area contributed by atoms with E-state index >= 15 is 0 Å². The largest absolute Gasteiger partial charge is 0.462 e. The minimum atomic E-state index is -0.920. The topological polar surface area (TPSA) is 108 Å². The molecule has 5 rings (SSSR count). The van der Waals surface area contributed by atoms with E-state index in [1.807, 2.05) is 30.3 Å². The highest BCUT2D eigenvalue weighted by atomic mass is 32.1. The molecule has 3 heterocycles. The Morgan fingerprint density at radius 2 is 2.00 bits per heavy atom. The van der Waals surface area contributed by atoms with Gasteiger partial charge in [0, 0.05) is 10.3 Å². The van der Waals surface area contributed by atoms with Crippen LogP contribution in [0.1, 0.15) is 52.8 Å². The van der Waals surface area contributed by atoms with Crippen LogP contribution in [0.2, 0.25) is 0 Å². The van der Waals surface area contributed by atoms with Gasteiger partial charge in [0.2, 0.25) is 5.91 Å². The maximum Gasteiger partial charge on any atom is 0.341 e. The van der Waals surface area contributed by atoms with Crippen LogP contribution in [0.15, 0.2) is 41.3 Å². The number of hydrogen-bond donors (Lipinski definition) is 1. The molecule has 0 saturated heterocycles. The van der Waals surface area contributed by atoms with Crippen LogP contribution < -0.4 is 10.9 Å². The second-order valence-corrected chi connectivity index (χ2v) is 9.54. The third-order valence-electron chi connectivity index (χ3n) is 6.21. The Morgan fingerprint density at radius 1 is 1.23 bits per heavy atom. The number of nitrogens with zero attached hydrogens (tertiary/aromatic N) is 4. The van der Waals surface area contributed by atoms with Crippen LogP contribution in [0.4, 0.5) is 5.00 Å². The number of ether oxygens (including phenoxy) is 1. The quantitative estimate of drug-likeness (QED) is 0.411. The van der Waals surface area contributed by atoms with Gasteiger partial charge in [-0.05, 0) is 57.7 Å². The first kappa shape index (κ1) is 23.0. The monoisotopic (exact) mass is 491 g/mol. The lowest BCUT2D eigenvalue weighted by Crippen LogP contribution is -2.34. The van der Waals surface area contributed by atoms with Crippen molar-refractivity contribution in [2.45, 2.75) is 46.1 Å². The van der Waals surface area contributed by atoms with Crippen LogP contribution in [0.3, 0.4) is 0 Å². The van der Waals surface area contributed by atoms with Gasteiger partial charge in [-0.25, -0.2) is 14.2 Å². The molecule has 180 valence electrons.